The maximum absolute atomic E-state index is 11.9. The van der Waals surface area contributed by atoms with E-state index >= 15 is 0 Å². The van der Waals surface area contributed by atoms with Crippen molar-refractivity contribution in [2.75, 3.05) is 13.2 Å². The van der Waals surface area contributed by atoms with Crippen molar-refractivity contribution in [3.8, 4) is 0 Å². The van der Waals surface area contributed by atoms with E-state index in [1.165, 1.54) is 5.56 Å². The Hall–Kier alpha value is -1.50. The Morgan fingerprint density at radius 1 is 1.18 bits per heavy atom. The average Bonchev–Trinajstić information content (AvgIpc) is 3.16. The Bertz CT molecular complexity index is 797. The lowest BCUT2D eigenvalue weighted by molar-refractivity contribution is -0.0971. The highest BCUT2D eigenvalue weighted by Crippen LogP contribution is 2.49. The molecule has 0 spiro atoms. The number of β-amino-alcohol motifs (C(OH)–C–C–N with tert-alkyl or cyclic N) is 1. The largest absolute Gasteiger partial charge is 0.396 e. The molecule has 8 unspecified atom stereocenters. The number of nitrogens with one attached hydrogen (secondary N) is 1. The summed E-state index contributed by atoms with van der Waals surface area (Å²) in [4.78, 5) is 0. The lowest BCUT2D eigenvalue weighted by Crippen LogP contribution is -2.57. The molecule has 34 heavy (non-hydrogen) atoms. The van der Waals surface area contributed by atoms with Crippen LogP contribution in [-0.2, 0) is 6.42 Å². The summed E-state index contributed by atoms with van der Waals surface area (Å²) in [6.45, 7) is 9.11. The van der Waals surface area contributed by atoms with E-state index in [4.69, 9.17) is 5.11 Å². The average molecular weight is 472 g/mol. The molecule has 3 rings (SSSR count). The highest BCUT2D eigenvalue weighted by atomic mass is 16.3. The van der Waals surface area contributed by atoms with Gasteiger partial charge in [-0.3, -0.25) is 0 Å². The van der Waals surface area contributed by atoms with Gasteiger partial charge in [0, 0.05) is 31.0 Å². The summed E-state index contributed by atoms with van der Waals surface area (Å²) in [5.74, 6) is 0.115. The lowest BCUT2D eigenvalue weighted by Gasteiger charge is -2.48. The molecule has 2 aliphatic rings. The molecule has 190 valence electrons. The third-order valence-corrected chi connectivity index (χ3v) is 8.19. The summed E-state index contributed by atoms with van der Waals surface area (Å²) in [5.41, 5.74) is 1.06. The molecule has 5 nitrogen and oxygen atoms in total. The molecule has 0 aromatic heterocycles. The van der Waals surface area contributed by atoms with Gasteiger partial charge in [-0.05, 0) is 55.1 Å². The molecule has 8 atom stereocenters. The zero-order valence-electron chi connectivity index (χ0n) is 20.9. The van der Waals surface area contributed by atoms with Gasteiger partial charge in [-0.1, -0.05) is 75.8 Å². The van der Waals surface area contributed by atoms with Gasteiger partial charge in [-0.25, -0.2) is 0 Å². The van der Waals surface area contributed by atoms with Gasteiger partial charge in [0.05, 0.1) is 17.8 Å². The first-order valence-corrected chi connectivity index (χ1v) is 13.1. The van der Waals surface area contributed by atoms with Crippen molar-refractivity contribution in [3.05, 3.63) is 60.2 Å². The number of allylic oxidation sites excluding steroid dienone is 1. The van der Waals surface area contributed by atoms with Gasteiger partial charge in [0.1, 0.15) is 0 Å². The quantitative estimate of drug-likeness (QED) is 0.300. The van der Waals surface area contributed by atoms with Crippen LogP contribution in [0.4, 0.5) is 0 Å². The van der Waals surface area contributed by atoms with Crippen LogP contribution < -0.4 is 5.32 Å². The van der Waals surface area contributed by atoms with Gasteiger partial charge >= 0.3 is 0 Å². The van der Waals surface area contributed by atoms with Gasteiger partial charge in [0.2, 0.25) is 0 Å². The fraction of sp³-hybridized carbons (Fsp3) is 0.655. The maximum atomic E-state index is 11.9. The first kappa shape index (κ1) is 27.1. The van der Waals surface area contributed by atoms with Crippen molar-refractivity contribution in [1.82, 2.24) is 5.32 Å². The third kappa shape index (κ3) is 6.38. The molecule has 5 heteroatoms. The van der Waals surface area contributed by atoms with E-state index in [0.717, 1.165) is 37.7 Å². The van der Waals surface area contributed by atoms with E-state index in [2.05, 4.69) is 44.0 Å². The Balaban J connectivity index is 1.60. The molecule has 0 radical (unpaired) electrons. The van der Waals surface area contributed by atoms with Crippen molar-refractivity contribution in [2.45, 2.75) is 82.6 Å². The van der Waals surface area contributed by atoms with Crippen LogP contribution in [0.5, 0.6) is 0 Å². The molecule has 1 saturated carbocycles. The minimum Gasteiger partial charge on any atom is -0.396 e. The van der Waals surface area contributed by atoms with Crippen LogP contribution >= 0.6 is 0 Å². The third-order valence-electron chi connectivity index (χ3n) is 8.19. The van der Waals surface area contributed by atoms with Gasteiger partial charge < -0.3 is 25.7 Å². The molecular formula is C29H45NO4. The molecule has 1 aliphatic carbocycles. The van der Waals surface area contributed by atoms with Gasteiger partial charge in [-0.15, -0.1) is 0 Å². The first-order valence-electron chi connectivity index (χ1n) is 13.1. The molecule has 1 aromatic carbocycles. The second kappa shape index (κ2) is 12.5. The Kier molecular flexibility index (Phi) is 9.93. The number of hydrogen-bond acceptors (Lipinski definition) is 5. The van der Waals surface area contributed by atoms with Crippen molar-refractivity contribution in [1.29, 1.82) is 0 Å². The van der Waals surface area contributed by atoms with Gasteiger partial charge in [0.15, 0.2) is 0 Å². The number of benzene rings is 1. The van der Waals surface area contributed by atoms with E-state index in [9.17, 15) is 15.3 Å². The normalized spacial score (nSPS) is 33.2. The van der Waals surface area contributed by atoms with E-state index in [-0.39, 0.29) is 36.5 Å². The minimum atomic E-state index is -1.00. The van der Waals surface area contributed by atoms with Crippen LogP contribution in [0, 0.1) is 23.7 Å². The SMILES string of the molecule is C=C1C(C)C2C(Cc3ccccc3)NCC2(O)C(/C=C/CC(C)CCCC(O)CCCO)C1O. The minimum absolute atomic E-state index is 0.00362. The van der Waals surface area contributed by atoms with Crippen LogP contribution in [0.15, 0.2) is 54.6 Å². The van der Waals surface area contributed by atoms with Crippen LogP contribution in [0.25, 0.3) is 0 Å². The second-order valence-corrected chi connectivity index (χ2v) is 10.7. The van der Waals surface area contributed by atoms with E-state index in [1.54, 1.807) is 0 Å². The number of aliphatic hydroxyl groups excluding tert-OH is 3. The van der Waals surface area contributed by atoms with Crippen molar-refractivity contribution >= 4 is 0 Å². The first-order chi connectivity index (χ1) is 16.3. The molecule has 1 aromatic rings. The molecule has 2 fully saturated rings. The highest BCUT2D eigenvalue weighted by molar-refractivity contribution is 5.29. The summed E-state index contributed by atoms with van der Waals surface area (Å²) >= 11 is 0. The molecule has 1 aliphatic heterocycles. The summed E-state index contributed by atoms with van der Waals surface area (Å²) < 4.78 is 0. The van der Waals surface area contributed by atoms with Crippen molar-refractivity contribution in [2.24, 2.45) is 23.7 Å². The number of rotatable bonds is 12. The Morgan fingerprint density at radius 2 is 1.88 bits per heavy atom. The fourth-order valence-corrected chi connectivity index (χ4v) is 6.10. The van der Waals surface area contributed by atoms with Crippen molar-refractivity contribution in [3.63, 3.8) is 0 Å². The Morgan fingerprint density at radius 3 is 2.59 bits per heavy atom. The van der Waals surface area contributed by atoms with Crippen LogP contribution in [-0.4, -0.2) is 57.4 Å². The van der Waals surface area contributed by atoms with E-state index in [1.807, 2.05) is 24.3 Å². The predicted octanol–water partition coefficient (Wildman–Crippen LogP) is 3.62. The summed E-state index contributed by atoms with van der Waals surface area (Å²) in [6, 6.07) is 10.5. The zero-order chi connectivity index (χ0) is 24.7. The van der Waals surface area contributed by atoms with Gasteiger partial charge in [-0.2, -0.15) is 0 Å². The van der Waals surface area contributed by atoms with E-state index in [0.29, 0.717) is 25.3 Å². The Labute approximate surface area is 205 Å². The smallest absolute Gasteiger partial charge is 0.0910 e. The molecule has 0 amide bonds. The van der Waals surface area contributed by atoms with Crippen LogP contribution in [0.2, 0.25) is 0 Å². The summed E-state index contributed by atoms with van der Waals surface area (Å²) in [7, 11) is 0. The second-order valence-electron chi connectivity index (χ2n) is 10.7. The molecule has 5 N–H and O–H groups in total. The fourth-order valence-electron chi connectivity index (χ4n) is 6.10. The van der Waals surface area contributed by atoms with E-state index < -0.39 is 11.7 Å². The lowest BCUT2D eigenvalue weighted by atomic mass is 9.60. The topological polar surface area (TPSA) is 93.0 Å². The monoisotopic (exact) mass is 471 g/mol. The van der Waals surface area contributed by atoms with Crippen LogP contribution in [0.3, 0.4) is 0 Å². The molecule has 1 heterocycles. The van der Waals surface area contributed by atoms with Crippen molar-refractivity contribution < 1.29 is 20.4 Å². The number of fused-ring (bicyclic) bond motifs is 1. The standard InChI is InChI=1S/C29H45NO4/c1-20(10-7-14-24(32)15-9-17-31)11-8-16-25-28(33)22(3)21(2)27-26(30-19-29(25,27)34)18-23-12-5-4-6-13-23/h4-6,8,12-13,16,20-21,24-28,30-34H,3,7,9-11,14-15,17-19H2,1-2H3/b16-8+. The predicted molar refractivity (Wildman–Crippen MR) is 137 cm³/mol. The van der Waals surface area contributed by atoms with Crippen LogP contribution in [0.1, 0.15) is 57.9 Å². The molecule has 1 saturated heterocycles. The molecule has 0 bridgehead atoms. The zero-order valence-corrected chi connectivity index (χ0v) is 20.9. The maximum Gasteiger partial charge on any atom is 0.0910 e. The highest BCUT2D eigenvalue weighted by Gasteiger charge is 2.59. The summed E-state index contributed by atoms with van der Waals surface area (Å²) in [5, 5.41) is 45.3. The number of aliphatic hydroxyl groups is 4. The summed E-state index contributed by atoms with van der Waals surface area (Å²) in [6.07, 6.45) is 8.83. The van der Waals surface area contributed by atoms with Gasteiger partial charge in [0.25, 0.3) is 0 Å². The molecular weight excluding hydrogens is 426 g/mol. The number of hydrogen-bond donors (Lipinski definition) is 5.